The summed E-state index contributed by atoms with van der Waals surface area (Å²) < 4.78 is 6.21. The van der Waals surface area contributed by atoms with Crippen LogP contribution in [0.3, 0.4) is 0 Å². The van der Waals surface area contributed by atoms with Gasteiger partial charge in [-0.3, -0.25) is 4.79 Å². The molecule has 1 amide bonds. The quantitative estimate of drug-likeness (QED) is 0.855. The van der Waals surface area contributed by atoms with Crippen LogP contribution in [0.15, 0.2) is 16.6 Å². The van der Waals surface area contributed by atoms with Crippen molar-refractivity contribution in [2.45, 2.75) is 33.7 Å². The summed E-state index contributed by atoms with van der Waals surface area (Å²) in [6, 6.07) is 2.73. The third-order valence-corrected chi connectivity index (χ3v) is 3.58. The molecule has 0 saturated heterocycles. The number of nitrogens with one attached hydrogen (secondary N) is 1. The number of carbonyl (C=O) groups excluding carboxylic acids is 1. The summed E-state index contributed by atoms with van der Waals surface area (Å²) in [6.07, 6.45) is 0. The van der Waals surface area contributed by atoms with Crippen molar-refractivity contribution in [2.24, 2.45) is 11.1 Å². The molecule has 112 valence electrons. The van der Waals surface area contributed by atoms with Crippen molar-refractivity contribution in [1.82, 2.24) is 0 Å². The first kappa shape index (κ1) is 17.3. The summed E-state index contributed by atoms with van der Waals surface area (Å²) in [5, 5.41) is 3.28. The molecule has 3 N–H and O–H groups in total. The molecular weight excluding hydrogens is 344 g/mol. The molecule has 1 aromatic carbocycles. The topological polar surface area (TPSA) is 64.3 Å². The SMILES string of the molecule is CCOc1c(Br)cc(Cl)cc1NC(=O)C(N)C(C)(C)C. The highest BCUT2D eigenvalue weighted by Crippen LogP contribution is 2.37. The summed E-state index contributed by atoms with van der Waals surface area (Å²) in [6.45, 7) is 8.08. The summed E-state index contributed by atoms with van der Waals surface area (Å²) in [5.74, 6) is 0.277. The van der Waals surface area contributed by atoms with Gasteiger partial charge in [-0.1, -0.05) is 32.4 Å². The Labute approximate surface area is 133 Å². The Kier molecular flexibility index (Phi) is 5.86. The molecule has 0 aliphatic heterocycles. The zero-order chi connectivity index (χ0) is 15.5. The minimum atomic E-state index is -0.630. The molecular formula is C14H20BrClN2O2. The first-order chi connectivity index (χ1) is 9.16. The van der Waals surface area contributed by atoms with Gasteiger partial charge in [0.05, 0.1) is 22.8 Å². The van der Waals surface area contributed by atoms with Crippen LogP contribution in [0.2, 0.25) is 5.02 Å². The van der Waals surface area contributed by atoms with Gasteiger partial charge in [0, 0.05) is 5.02 Å². The van der Waals surface area contributed by atoms with Gasteiger partial charge in [-0.2, -0.15) is 0 Å². The molecule has 0 heterocycles. The van der Waals surface area contributed by atoms with E-state index in [1.807, 2.05) is 27.7 Å². The maximum absolute atomic E-state index is 12.2. The van der Waals surface area contributed by atoms with Crippen molar-refractivity contribution in [1.29, 1.82) is 0 Å². The van der Waals surface area contributed by atoms with Crippen LogP contribution < -0.4 is 15.8 Å². The molecule has 1 unspecified atom stereocenters. The predicted molar refractivity (Wildman–Crippen MR) is 86.4 cm³/mol. The summed E-state index contributed by atoms with van der Waals surface area (Å²) in [5.41, 5.74) is 6.13. The molecule has 4 nitrogen and oxygen atoms in total. The normalized spacial score (nSPS) is 12.9. The minimum Gasteiger partial charge on any atom is -0.491 e. The van der Waals surface area contributed by atoms with Crippen molar-refractivity contribution < 1.29 is 9.53 Å². The van der Waals surface area contributed by atoms with Gasteiger partial charge in [0.1, 0.15) is 0 Å². The van der Waals surface area contributed by atoms with Gasteiger partial charge in [0.15, 0.2) is 5.75 Å². The molecule has 1 atom stereocenters. The standard InChI is InChI=1S/C14H20BrClN2O2/c1-5-20-11-9(15)6-8(16)7-10(11)18-13(19)12(17)14(2,3)4/h6-7,12H,5,17H2,1-4H3,(H,18,19). The van der Waals surface area contributed by atoms with Crippen molar-refractivity contribution in [3.05, 3.63) is 21.6 Å². The van der Waals surface area contributed by atoms with Crippen molar-refractivity contribution in [2.75, 3.05) is 11.9 Å². The molecule has 0 fully saturated rings. The Bertz CT molecular complexity index is 501. The Morgan fingerprint density at radius 3 is 2.60 bits per heavy atom. The Hall–Kier alpha value is -0.780. The largest absolute Gasteiger partial charge is 0.491 e. The average molecular weight is 364 g/mol. The van der Waals surface area contributed by atoms with E-state index in [1.165, 1.54) is 0 Å². The molecule has 1 aromatic rings. The number of halogens is 2. The molecule has 6 heteroatoms. The summed E-state index contributed by atoms with van der Waals surface area (Å²) in [4.78, 5) is 12.2. The Balaban J connectivity index is 3.05. The van der Waals surface area contributed by atoms with E-state index in [1.54, 1.807) is 12.1 Å². The van der Waals surface area contributed by atoms with Gasteiger partial charge in [-0.05, 0) is 40.4 Å². The zero-order valence-corrected chi connectivity index (χ0v) is 14.4. The van der Waals surface area contributed by atoms with Gasteiger partial charge in [-0.25, -0.2) is 0 Å². The van der Waals surface area contributed by atoms with Crippen LogP contribution in [-0.4, -0.2) is 18.6 Å². The number of hydrogen-bond donors (Lipinski definition) is 2. The number of benzene rings is 1. The van der Waals surface area contributed by atoms with E-state index in [2.05, 4.69) is 21.2 Å². The maximum Gasteiger partial charge on any atom is 0.241 e. The Morgan fingerprint density at radius 2 is 2.10 bits per heavy atom. The lowest BCUT2D eigenvalue weighted by molar-refractivity contribution is -0.119. The smallest absolute Gasteiger partial charge is 0.241 e. The van der Waals surface area contributed by atoms with Crippen LogP contribution in [0, 0.1) is 5.41 Å². The van der Waals surface area contributed by atoms with Crippen molar-refractivity contribution >= 4 is 39.1 Å². The first-order valence-electron chi connectivity index (χ1n) is 6.35. The van der Waals surface area contributed by atoms with Crippen LogP contribution in [0.25, 0.3) is 0 Å². The highest BCUT2D eigenvalue weighted by atomic mass is 79.9. The van der Waals surface area contributed by atoms with Crippen LogP contribution in [0.5, 0.6) is 5.75 Å². The fourth-order valence-corrected chi connectivity index (χ4v) is 2.47. The number of carbonyl (C=O) groups is 1. The highest BCUT2D eigenvalue weighted by Gasteiger charge is 2.28. The minimum absolute atomic E-state index is 0.271. The number of amides is 1. The van der Waals surface area contributed by atoms with Gasteiger partial charge >= 0.3 is 0 Å². The fourth-order valence-electron chi connectivity index (χ4n) is 1.55. The van der Waals surface area contributed by atoms with E-state index in [9.17, 15) is 4.79 Å². The van der Waals surface area contributed by atoms with E-state index in [-0.39, 0.29) is 11.3 Å². The molecule has 0 aliphatic carbocycles. The second-order valence-corrected chi connectivity index (χ2v) is 6.82. The number of ether oxygens (including phenoxy) is 1. The van der Waals surface area contributed by atoms with E-state index in [4.69, 9.17) is 22.1 Å². The lowest BCUT2D eigenvalue weighted by Gasteiger charge is -2.26. The molecule has 0 aromatic heterocycles. The van der Waals surface area contributed by atoms with E-state index < -0.39 is 6.04 Å². The fraction of sp³-hybridized carbons (Fsp3) is 0.500. The van der Waals surface area contributed by atoms with E-state index >= 15 is 0 Å². The summed E-state index contributed by atoms with van der Waals surface area (Å²) >= 11 is 9.38. The molecule has 0 radical (unpaired) electrons. The number of hydrogen-bond acceptors (Lipinski definition) is 3. The molecule has 0 spiro atoms. The van der Waals surface area contributed by atoms with E-state index in [0.717, 1.165) is 0 Å². The van der Waals surface area contributed by atoms with Crippen LogP contribution in [0.4, 0.5) is 5.69 Å². The second kappa shape index (κ2) is 6.78. The highest BCUT2D eigenvalue weighted by molar-refractivity contribution is 9.10. The average Bonchev–Trinajstić information content (AvgIpc) is 2.31. The van der Waals surface area contributed by atoms with Gasteiger partial charge in [-0.15, -0.1) is 0 Å². The third kappa shape index (κ3) is 4.36. The number of anilines is 1. The lowest BCUT2D eigenvalue weighted by Crippen LogP contribution is -2.45. The third-order valence-electron chi connectivity index (χ3n) is 2.77. The van der Waals surface area contributed by atoms with Gasteiger partial charge in [0.25, 0.3) is 0 Å². The first-order valence-corrected chi connectivity index (χ1v) is 7.52. The van der Waals surface area contributed by atoms with Gasteiger partial charge in [0.2, 0.25) is 5.91 Å². The van der Waals surface area contributed by atoms with Crippen LogP contribution in [0.1, 0.15) is 27.7 Å². The van der Waals surface area contributed by atoms with Crippen LogP contribution in [-0.2, 0) is 4.79 Å². The molecule has 1 rings (SSSR count). The molecule has 0 aliphatic rings. The molecule has 0 bridgehead atoms. The second-order valence-electron chi connectivity index (χ2n) is 5.53. The molecule has 0 saturated carbocycles. The predicted octanol–water partition coefficient (Wildman–Crippen LogP) is 3.81. The van der Waals surface area contributed by atoms with Crippen molar-refractivity contribution in [3.63, 3.8) is 0 Å². The summed E-state index contributed by atoms with van der Waals surface area (Å²) in [7, 11) is 0. The number of nitrogens with two attached hydrogens (primary N) is 1. The van der Waals surface area contributed by atoms with Crippen molar-refractivity contribution in [3.8, 4) is 5.75 Å². The molecule has 20 heavy (non-hydrogen) atoms. The number of rotatable bonds is 4. The van der Waals surface area contributed by atoms with Gasteiger partial charge < -0.3 is 15.8 Å². The lowest BCUT2D eigenvalue weighted by atomic mass is 9.87. The maximum atomic E-state index is 12.2. The van der Waals surface area contributed by atoms with E-state index in [0.29, 0.717) is 27.5 Å². The Morgan fingerprint density at radius 1 is 1.50 bits per heavy atom. The van der Waals surface area contributed by atoms with Crippen LogP contribution >= 0.6 is 27.5 Å². The zero-order valence-electron chi connectivity index (χ0n) is 12.1. The monoisotopic (exact) mass is 362 g/mol.